The SMILES string of the molecule is CC(C)C[C@H](NC(=O)OC(C)(C)C)C(=O)N[C@@H]1CCOC1=O. The van der Waals surface area contributed by atoms with Crippen LogP contribution in [0.3, 0.4) is 0 Å². The molecule has 0 aliphatic carbocycles. The zero-order valence-electron chi connectivity index (χ0n) is 13.9. The smallest absolute Gasteiger partial charge is 0.408 e. The van der Waals surface area contributed by atoms with Gasteiger partial charge in [0.15, 0.2) is 0 Å². The molecule has 2 N–H and O–H groups in total. The molecule has 0 spiro atoms. The van der Waals surface area contributed by atoms with Gasteiger partial charge >= 0.3 is 12.1 Å². The summed E-state index contributed by atoms with van der Waals surface area (Å²) in [4.78, 5) is 35.6. The topological polar surface area (TPSA) is 93.7 Å². The number of amides is 2. The van der Waals surface area contributed by atoms with Crippen LogP contribution in [0.5, 0.6) is 0 Å². The number of rotatable bonds is 5. The van der Waals surface area contributed by atoms with E-state index in [9.17, 15) is 14.4 Å². The predicted molar refractivity (Wildman–Crippen MR) is 80.1 cm³/mol. The van der Waals surface area contributed by atoms with Gasteiger partial charge in [0.2, 0.25) is 5.91 Å². The van der Waals surface area contributed by atoms with Gasteiger partial charge in [0, 0.05) is 6.42 Å². The molecule has 2 atom stereocenters. The van der Waals surface area contributed by atoms with Crippen molar-refractivity contribution < 1.29 is 23.9 Å². The molecule has 0 bridgehead atoms. The molecule has 1 fully saturated rings. The van der Waals surface area contributed by atoms with Gasteiger partial charge in [0.05, 0.1) is 6.61 Å². The number of esters is 1. The van der Waals surface area contributed by atoms with E-state index in [2.05, 4.69) is 10.6 Å². The highest BCUT2D eigenvalue weighted by Crippen LogP contribution is 2.11. The van der Waals surface area contributed by atoms with E-state index in [0.29, 0.717) is 19.4 Å². The van der Waals surface area contributed by atoms with Crippen molar-refractivity contribution in [2.24, 2.45) is 5.92 Å². The second-order valence-corrected chi connectivity index (χ2v) is 6.85. The molecule has 22 heavy (non-hydrogen) atoms. The maximum Gasteiger partial charge on any atom is 0.408 e. The monoisotopic (exact) mass is 314 g/mol. The van der Waals surface area contributed by atoms with Gasteiger partial charge in [-0.25, -0.2) is 9.59 Å². The molecule has 7 nitrogen and oxygen atoms in total. The molecule has 0 saturated carbocycles. The average molecular weight is 314 g/mol. The zero-order valence-corrected chi connectivity index (χ0v) is 13.9. The first-order valence-corrected chi connectivity index (χ1v) is 7.55. The van der Waals surface area contributed by atoms with E-state index in [1.165, 1.54) is 0 Å². The molecule has 1 aliphatic rings. The lowest BCUT2D eigenvalue weighted by Gasteiger charge is -2.24. The third kappa shape index (κ3) is 6.32. The first kappa shape index (κ1) is 18.3. The Kier molecular flexibility index (Phi) is 6.20. The van der Waals surface area contributed by atoms with Gasteiger partial charge in [-0.05, 0) is 33.1 Å². The Bertz CT molecular complexity index is 428. The Morgan fingerprint density at radius 1 is 1.36 bits per heavy atom. The maximum atomic E-state index is 12.3. The molecule has 0 aromatic heterocycles. The number of ether oxygens (including phenoxy) is 2. The summed E-state index contributed by atoms with van der Waals surface area (Å²) in [5, 5.41) is 5.19. The van der Waals surface area contributed by atoms with Crippen molar-refractivity contribution in [3.63, 3.8) is 0 Å². The molecule has 2 amide bonds. The summed E-state index contributed by atoms with van der Waals surface area (Å²) in [6.45, 7) is 9.44. The second kappa shape index (κ2) is 7.47. The standard InChI is InChI=1S/C15H26N2O5/c1-9(2)8-11(17-14(20)22-15(3,4)5)12(18)16-10-6-7-21-13(10)19/h9-11H,6-8H2,1-5H3,(H,16,18)(H,17,20)/t10-,11+/m1/s1. The summed E-state index contributed by atoms with van der Waals surface area (Å²) in [6, 6.07) is -1.38. The Balaban J connectivity index is 2.64. The third-order valence-electron chi connectivity index (χ3n) is 2.97. The molecule has 0 unspecified atom stereocenters. The summed E-state index contributed by atoms with van der Waals surface area (Å²) >= 11 is 0. The van der Waals surface area contributed by atoms with Crippen molar-refractivity contribution in [2.75, 3.05) is 6.61 Å². The number of cyclic esters (lactones) is 1. The molecular formula is C15H26N2O5. The van der Waals surface area contributed by atoms with E-state index in [4.69, 9.17) is 9.47 Å². The number of hydrogen-bond acceptors (Lipinski definition) is 5. The van der Waals surface area contributed by atoms with Crippen LogP contribution in [0.1, 0.15) is 47.5 Å². The molecule has 7 heteroatoms. The predicted octanol–water partition coefficient (Wildman–Crippen LogP) is 1.36. The highest BCUT2D eigenvalue weighted by molar-refractivity contribution is 5.90. The molecule has 0 aromatic carbocycles. The van der Waals surface area contributed by atoms with E-state index in [1.807, 2.05) is 13.8 Å². The molecule has 1 aliphatic heterocycles. The van der Waals surface area contributed by atoms with Crippen molar-refractivity contribution in [2.45, 2.75) is 65.1 Å². The number of carbonyl (C=O) groups excluding carboxylic acids is 3. The summed E-state index contributed by atoms with van der Waals surface area (Å²) in [5.74, 6) is -0.640. The van der Waals surface area contributed by atoms with Crippen molar-refractivity contribution >= 4 is 18.0 Å². The van der Waals surface area contributed by atoms with Crippen molar-refractivity contribution in [1.29, 1.82) is 0 Å². The molecular weight excluding hydrogens is 288 g/mol. The number of nitrogens with one attached hydrogen (secondary N) is 2. The minimum Gasteiger partial charge on any atom is -0.464 e. The maximum absolute atomic E-state index is 12.3. The minimum atomic E-state index is -0.747. The van der Waals surface area contributed by atoms with Crippen LogP contribution in [0.15, 0.2) is 0 Å². The molecule has 0 aromatic rings. The van der Waals surface area contributed by atoms with Gasteiger partial charge in [-0.2, -0.15) is 0 Å². The molecule has 126 valence electrons. The van der Waals surface area contributed by atoms with E-state index in [1.54, 1.807) is 20.8 Å². The van der Waals surface area contributed by atoms with Crippen LogP contribution in [0.2, 0.25) is 0 Å². The van der Waals surface area contributed by atoms with Crippen LogP contribution in [0, 0.1) is 5.92 Å². The fourth-order valence-electron chi connectivity index (χ4n) is 2.05. The molecule has 0 radical (unpaired) electrons. The zero-order chi connectivity index (χ0) is 16.9. The second-order valence-electron chi connectivity index (χ2n) is 6.85. The fourth-order valence-corrected chi connectivity index (χ4v) is 2.05. The van der Waals surface area contributed by atoms with Crippen molar-refractivity contribution in [3.05, 3.63) is 0 Å². The minimum absolute atomic E-state index is 0.196. The summed E-state index contributed by atoms with van der Waals surface area (Å²) in [5.41, 5.74) is -0.641. The number of alkyl carbamates (subject to hydrolysis) is 1. The van der Waals surface area contributed by atoms with Crippen LogP contribution >= 0.6 is 0 Å². The lowest BCUT2D eigenvalue weighted by atomic mass is 10.0. The van der Waals surface area contributed by atoms with Crippen molar-refractivity contribution in [3.8, 4) is 0 Å². The quantitative estimate of drug-likeness (QED) is 0.747. The van der Waals surface area contributed by atoms with E-state index >= 15 is 0 Å². The molecule has 1 saturated heterocycles. The van der Waals surface area contributed by atoms with Crippen LogP contribution < -0.4 is 10.6 Å². The fraction of sp³-hybridized carbons (Fsp3) is 0.800. The Morgan fingerprint density at radius 2 is 2.00 bits per heavy atom. The van der Waals surface area contributed by atoms with Crippen LogP contribution in [-0.4, -0.2) is 42.3 Å². The van der Waals surface area contributed by atoms with Crippen LogP contribution in [0.4, 0.5) is 4.79 Å². The highest BCUT2D eigenvalue weighted by Gasteiger charge is 2.32. The highest BCUT2D eigenvalue weighted by atomic mass is 16.6. The van der Waals surface area contributed by atoms with Gasteiger partial charge in [0.25, 0.3) is 0 Å². The van der Waals surface area contributed by atoms with Gasteiger partial charge < -0.3 is 20.1 Å². The Labute approximate surface area is 131 Å². The number of carbonyl (C=O) groups is 3. The largest absolute Gasteiger partial charge is 0.464 e. The van der Waals surface area contributed by atoms with E-state index in [-0.39, 0.29) is 5.92 Å². The average Bonchev–Trinajstić information content (AvgIpc) is 2.71. The first-order valence-electron chi connectivity index (χ1n) is 7.55. The summed E-state index contributed by atoms with van der Waals surface area (Å²) in [6.07, 6.45) is 0.250. The summed E-state index contributed by atoms with van der Waals surface area (Å²) in [7, 11) is 0. The molecule has 1 rings (SSSR count). The normalized spacial score (nSPS) is 19.5. The van der Waals surface area contributed by atoms with Gasteiger partial charge in [0.1, 0.15) is 17.7 Å². The van der Waals surface area contributed by atoms with E-state index < -0.39 is 35.7 Å². The lowest BCUT2D eigenvalue weighted by molar-refractivity contribution is -0.141. The van der Waals surface area contributed by atoms with E-state index in [0.717, 1.165) is 0 Å². The number of hydrogen-bond donors (Lipinski definition) is 2. The van der Waals surface area contributed by atoms with Gasteiger partial charge in [-0.15, -0.1) is 0 Å². The Morgan fingerprint density at radius 3 is 2.45 bits per heavy atom. The Hall–Kier alpha value is -1.79. The van der Waals surface area contributed by atoms with Gasteiger partial charge in [-0.1, -0.05) is 13.8 Å². The first-order chi connectivity index (χ1) is 10.1. The third-order valence-corrected chi connectivity index (χ3v) is 2.97. The van der Waals surface area contributed by atoms with Crippen LogP contribution in [0.25, 0.3) is 0 Å². The van der Waals surface area contributed by atoms with Gasteiger partial charge in [-0.3, -0.25) is 4.79 Å². The molecule has 1 heterocycles. The summed E-state index contributed by atoms with van der Waals surface area (Å²) < 4.78 is 9.98. The van der Waals surface area contributed by atoms with Crippen molar-refractivity contribution in [1.82, 2.24) is 10.6 Å². The lowest BCUT2D eigenvalue weighted by Crippen LogP contribution is -2.52. The van der Waals surface area contributed by atoms with Crippen LogP contribution in [-0.2, 0) is 19.1 Å².